The SMILES string of the molecule is N#CC1=C(C#N)SC(=C(c2ccco2)c2ccco2)S1. The quantitative estimate of drug-likeness (QED) is 0.821. The number of nitriles is 2. The molecule has 0 N–H and O–H groups in total. The first kappa shape index (κ1) is 12.7. The Morgan fingerprint density at radius 1 is 0.900 bits per heavy atom. The van der Waals surface area contributed by atoms with Crippen LogP contribution in [0.2, 0.25) is 0 Å². The maximum atomic E-state index is 9.07. The summed E-state index contributed by atoms with van der Waals surface area (Å²) in [5.74, 6) is 1.29. The minimum absolute atomic E-state index is 0.406. The Bertz CT molecular complexity index is 708. The maximum Gasteiger partial charge on any atom is 0.139 e. The van der Waals surface area contributed by atoms with Gasteiger partial charge in [0.25, 0.3) is 0 Å². The molecule has 0 saturated carbocycles. The van der Waals surface area contributed by atoms with E-state index in [4.69, 9.17) is 19.4 Å². The molecule has 0 spiro atoms. The van der Waals surface area contributed by atoms with Crippen LogP contribution in [-0.4, -0.2) is 0 Å². The van der Waals surface area contributed by atoms with Crippen LogP contribution in [0.25, 0.3) is 5.57 Å². The van der Waals surface area contributed by atoms with Gasteiger partial charge in [0, 0.05) is 0 Å². The van der Waals surface area contributed by atoms with Crippen LogP contribution in [-0.2, 0) is 0 Å². The number of hydrogen-bond donors (Lipinski definition) is 0. The standard InChI is InChI=1S/C14H6N2O2S2/c15-7-11-12(8-16)20-14(19-11)13(9-3-1-5-17-9)10-4-2-6-18-10/h1-6H. The van der Waals surface area contributed by atoms with Gasteiger partial charge in [-0.25, -0.2) is 0 Å². The molecular weight excluding hydrogens is 292 g/mol. The van der Waals surface area contributed by atoms with Crippen LogP contribution in [0.15, 0.2) is 59.7 Å². The lowest BCUT2D eigenvalue weighted by atomic mass is 10.2. The van der Waals surface area contributed by atoms with Crippen molar-refractivity contribution in [2.75, 3.05) is 0 Å². The molecule has 96 valence electrons. The molecule has 0 bridgehead atoms. The number of hydrogen-bond acceptors (Lipinski definition) is 6. The molecule has 0 fully saturated rings. The largest absolute Gasteiger partial charge is 0.464 e. The summed E-state index contributed by atoms with van der Waals surface area (Å²) in [7, 11) is 0. The molecule has 6 heteroatoms. The van der Waals surface area contributed by atoms with Crippen molar-refractivity contribution in [2.24, 2.45) is 0 Å². The van der Waals surface area contributed by atoms with Crippen molar-refractivity contribution in [3.8, 4) is 12.1 Å². The summed E-state index contributed by atoms with van der Waals surface area (Å²) in [5, 5.41) is 18.1. The second-order valence-electron chi connectivity index (χ2n) is 3.70. The molecule has 0 aromatic carbocycles. The fourth-order valence-electron chi connectivity index (χ4n) is 1.71. The highest BCUT2D eigenvalue weighted by Gasteiger charge is 2.27. The van der Waals surface area contributed by atoms with Crippen LogP contribution in [0.5, 0.6) is 0 Å². The third kappa shape index (κ3) is 2.16. The highest BCUT2D eigenvalue weighted by Crippen LogP contribution is 2.52. The lowest BCUT2D eigenvalue weighted by Gasteiger charge is -2.04. The zero-order valence-electron chi connectivity index (χ0n) is 9.99. The lowest BCUT2D eigenvalue weighted by Crippen LogP contribution is -1.85. The van der Waals surface area contributed by atoms with Gasteiger partial charge < -0.3 is 8.83 Å². The van der Waals surface area contributed by atoms with Gasteiger partial charge in [0.15, 0.2) is 0 Å². The monoisotopic (exact) mass is 298 g/mol. The van der Waals surface area contributed by atoms with Crippen molar-refractivity contribution in [1.29, 1.82) is 10.5 Å². The fourth-order valence-corrected chi connectivity index (χ4v) is 3.97. The van der Waals surface area contributed by atoms with Crippen LogP contribution >= 0.6 is 23.5 Å². The molecule has 0 saturated heterocycles. The number of allylic oxidation sites excluding steroid dienone is 2. The van der Waals surface area contributed by atoms with E-state index in [-0.39, 0.29) is 0 Å². The van der Waals surface area contributed by atoms with Crippen molar-refractivity contribution in [3.05, 3.63) is 62.4 Å². The molecule has 2 aromatic heterocycles. The van der Waals surface area contributed by atoms with Crippen molar-refractivity contribution in [3.63, 3.8) is 0 Å². The molecule has 0 aliphatic carbocycles. The van der Waals surface area contributed by atoms with Gasteiger partial charge in [-0.1, -0.05) is 23.5 Å². The van der Waals surface area contributed by atoms with Crippen molar-refractivity contribution in [1.82, 2.24) is 0 Å². The number of thioether (sulfide) groups is 2. The summed E-state index contributed by atoms with van der Waals surface area (Å²) in [4.78, 5) is 0.811. The minimum atomic E-state index is 0.406. The maximum absolute atomic E-state index is 9.07. The van der Waals surface area contributed by atoms with E-state index >= 15 is 0 Å². The summed E-state index contributed by atoms with van der Waals surface area (Å²) in [6.45, 7) is 0. The van der Waals surface area contributed by atoms with E-state index in [1.807, 2.05) is 24.3 Å². The van der Waals surface area contributed by atoms with Gasteiger partial charge in [0.05, 0.1) is 22.3 Å². The van der Waals surface area contributed by atoms with Crippen molar-refractivity contribution >= 4 is 29.1 Å². The Labute approximate surface area is 123 Å². The number of furan rings is 2. The van der Waals surface area contributed by atoms with Crippen molar-refractivity contribution in [2.45, 2.75) is 0 Å². The van der Waals surface area contributed by atoms with E-state index in [1.165, 1.54) is 23.5 Å². The predicted molar refractivity (Wildman–Crippen MR) is 76.9 cm³/mol. The van der Waals surface area contributed by atoms with Gasteiger partial charge >= 0.3 is 0 Å². The van der Waals surface area contributed by atoms with Crippen LogP contribution in [0.1, 0.15) is 11.5 Å². The summed E-state index contributed by atoms with van der Waals surface area (Å²) >= 11 is 2.53. The summed E-state index contributed by atoms with van der Waals surface area (Å²) in [6.07, 6.45) is 3.15. The van der Waals surface area contributed by atoms with Gasteiger partial charge in [0.1, 0.15) is 33.5 Å². The van der Waals surface area contributed by atoms with Gasteiger partial charge in [0.2, 0.25) is 0 Å². The van der Waals surface area contributed by atoms with E-state index in [0.29, 0.717) is 21.3 Å². The first-order valence-corrected chi connectivity index (χ1v) is 7.19. The minimum Gasteiger partial charge on any atom is -0.464 e. The highest BCUT2D eigenvalue weighted by atomic mass is 32.2. The lowest BCUT2D eigenvalue weighted by molar-refractivity contribution is 0.530. The molecule has 3 rings (SSSR count). The van der Waals surface area contributed by atoms with Gasteiger partial charge in [-0.15, -0.1) is 0 Å². The summed E-state index contributed by atoms with van der Waals surface area (Å²) in [6, 6.07) is 11.3. The molecule has 1 aliphatic rings. The Morgan fingerprint density at radius 3 is 1.75 bits per heavy atom. The topological polar surface area (TPSA) is 73.9 Å². The van der Waals surface area contributed by atoms with E-state index in [9.17, 15) is 0 Å². The van der Waals surface area contributed by atoms with Gasteiger partial charge in [-0.05, 0) is 24.3 Å². The van der Waals surface area contributed by atoms with E-state index in [0.717, 1.165) is 9.81 Å². The smallest absolute Gasteiger partial charge is 0.139 e. The third-order valence-corrected chi connectivity index (χ3v) is 4.95. The average molecular weight is 298 g/mol. The predicted octanol–water partition coefficient (Wildman–Crippen LogP) is 4.33. The summed E-state index contributed by atoms with van der Waals surface area (Å²) in [5.41, 5.74) is 0.757. The Hall–Kier alpha value is -2.28. The van der Waals surface area contributed by atoms with E-state index in [2.05, 4.69) is 0 Å². The third-order valence-electron chi connectivity index (χ3n) is 2.54. The van der Waals surface area contributed by atoms with E-state index in [1.54, 1.807) is 24.7 Å². The first-order valence-electron chi connectivity index (χ1n) is 5.55. The van der Waals surface area contributed by atoms with Gasteiger partial charge in [-0.2, -0.15) is 10.5 Å². The number of rotatable bonds is 2. The van der Waals surface area contributed by atoms with Crippen LogP contribution in [0.4, 0.5) is 0 Å². The fraction of sp³-hybridized carbons (Fsp3) is 0. The number of nitrogens with zero attached hydrogens (tertiary/aromatic N) is 2. The highest BCUT2D eigenvalue weighted by molar-refractivity contribution is 8.29. The second-order valence-corrected chi connectivity index (χ2v) is 6.00. The molecule has 0 amide bonds. The molecule has 0 radical (unpaired) electrons. The first-order chi connectivity index (χ1) is 9.83. The van der Waals surface area contributed by atoms with Crippen molar-refractivity contribution < 1.29 is 8.83 Å². The molecular formula is C14H6N2O2S2. The Kier molecular flexibility index (Phi) is 3.42. The molecule has 0 unspecified atom stereocenters. The molecule has 4 nitrogen and oxygen atoms in total. The van der Waals surface area contributed by atoms with E-state index < -0.39 is 0 Å². The van der Waals surface area contributed by atoms with Gasteiger partial charge in [-0.3, -0.25) is 0 Å². The zero-order chi connectivity index (χ0) is 13.9. The normalized spacial score (nSPS) is 14.2. The molecule has 0 atom stereocenters. The molecule has 20 heavy (non-hydrogen) atoms. The summed E-state index contributed by atoms with van der Waals surface area (Å²) < 4.78 is 11.7. The zero-order valence-corrected chi connectivity index (χ0v) is 11.6. The molecule has 2 aromatic rings. The second kappa shape index (κ2) is 5.38. The molecule has 3 heterocycles. The van der Waals surface area contributed by atoms with Crippen LogP contribution in [0, 0.1) is 22.7 Å². The molecule has 1 aliphatic heterocycles. The Morgan fingerprint density at radius 2 is 1.40 bits per heavy atom. The average Bonchev–Trinajstić information content (AvgIpc) is 3.21. The Balaban J connectivity index is 2.12. The van der Waals surface area contributed by atoms with Crippen LogP contribution < -0.4 is 0 Å². The van der Waals surface area contributed by atoms with Crippen LogP contribution in [0.3, 0.4) is 0 Å².